The number of carbonyl (C=O) groups excluding carboxylic acids is 3. The van der Waals surface area contributed by atoms with Crippen LogP contribution in [0.5, 0.6) is 0 Å². The van der Waals surface area contributed by atoms with Crippen molar-refractivity contribution in [2.45, 2.75) is 37.5 Å². The molecule has 4 rings (SSSR count). The summed E-state index contributed by atoms with van der Waals surface area (Å²) >= 11 is 0. The molecule has 2 aromatic carbocycles. The molecule has 2 aromatic rings. The second-order valence-electron chi connectivity index (χ2n) is 7.66. The van der Waals surface area contributed by atoms with Gasteiger partial charge in [-0.3, -0.25) is 14.4 Å². The molecule has 166 valence electrons. The largest absolute Gasteiger partial charge is 0.425 e. The Hall–Kier alpha value is -3.49. The van der Waals surface area contributed by atoms with Crippen molar-refractivity contribution >= 4 is 17.6 Å². The number of carbonyl (C=O) groups is 3. The summed E-state index contributed by atoms with van der Waals surface area (Å²) in [5, 5.41) is 1.71. The van der Waals surface area contributed by atoms with Crippen LogP contribution in [0, 0.1) is 5.82 Å². The molecule has 1 aliphatic carbocycles. The zero-order valence-electron chi connectivity index (χ0n) is 16.7. The average Bonchev–Trinajstić information content (AvgIpc) is 2.99. The highest BCUT2D eigenvalue weighted by Gasteiger charge is 2.71. The Morgan fingerprint density at radius 2 is 1.66 bits per heavy atom. The van der Waals surface area contributed by atoms with Gasteiger partial charge >= 0.3 is 6.18 Å². The fourth-order valence-corrected chi connectivity index (χ4v) is 4.22. The molecule has 0 radical (unpaired) electrons. The Morgan fingerprint density at radius 1 is 1.00 bits per heavy atom. The fourth-order valence-electron chi connectivity index (χ4n) is 4.22. The Labute approximate surface area is 180 Å². The number of alkyl halides is 3. The van der Waals surface area contributed by atoms with Crippen molar-refractivity contribution in [3.63, 3.8) is 0 Å². The van der Waals surface area contributed by atoms with Gasteiger partial charge in [0.15, 0.2) is 5.78 Å². The summed E-state index contributed by atoms with van der Waals surface area (Å²) in [5.74, 6) is -4.81. The maximum Gasteiger partial charge on any atom is 0.425 e. The predicted molar refractivity (Wildman–Crippen MR) is 106 cm³/mol. The first-order valence-corrected chi connectivity index (χ1v) is 9.93. The Bertz CT molecular complexity index is 1130. The van der Waals surface area contributed by atoms with Gasteiger partial charge in [0, 0.05) is 12.1 Å². The van der Waals surface area contributed by atoms with Gasteiger partial charge in [-0.1, -0.05) is 42.5 Å². The van der Waals surface area contributed by atoms with Gasteiger partial charge in [-0.15, -0.1) is 0 Å². The van der Waals surface area contributed by atoms with Gasteiger partial charge in [0.25, 0.3) is 11.8 Å². The minimum atomic E-state index is -5.33. The van der Waals surface area contributed by atoms with E-state index in [1.54, 1.807) is 35.6 Å². The lowest BCUT2D eigenvalue weighted by atomic mass is 9.82. The SMILES string of the molecule is O=C1CCCC2=C1C(NC(=O)c1ccccc1F)(C(F)(F)F)C(=O)N2Cc1ccccc1. The summed E-state index contributed by atoms with van der Waals surface area (Å²) in [7, 11) is 0. The molecule has 1 aliphatic heterocycles. The number of halogens is 4. The third-order valence-corrected chi connectivity index (χ3v) is 5.68. The van der Waals surface area contributed by atoms with Gasteiger partial charge in [-0.25, -0.2) is 4.39 Å². The molecule has 0 bridgehead atoms. The van der Waals surface area contributed by atoms with E-state index in [2.05, 4.69) is 0 Å². The molecular formula is C23H18F4N2O3. The monoisotopic (exact) mass is 446 g/mol. The highest BCUT2D eigenvalue weighted by molar-refractivity contribution is 6.14. The molecule has 2 aliphatic rings. The molecule has 1 unspecified atom stereocenters. The molecule has 2 amide bonds. The van der Waals surface area contributed by atoms with Gasteiger partial charge in [-0.05, 0) is 30.5 Å². The zero-order valence-corrected chi connectivity index (χ0v) is 16.7. The average molecular weight is 446 g/mol. The van der Waals surface area contributed by atoms with Gasteiger partial charge in [0.1, 0.15) is 5.82 Å². The topological polar surface area (TPSA) is 66.5 Å². The smallest absolute Gasteiger partial charge is 0.326 e. The molecular weight excluding hydrogens is 428 g/mol. The molecule has 1 heterocycles. The van der Waals surface area contributed by atoms with Crippen molar-refractivity contribution in [1.29, 1.82) is 0 Å². The summed E-state index contributed by atoms with van der Waals surface area (Å²) in [6.45, 7) is -0.195. The van der Waals surface area contributed by atoms with Gasteiger partial charge in [0.05, 0.1) is 17.7 Å². The Balaban J connectivity index is 1.84. The van der Waals surface area contributed by atoms with E-state index in [-0.39, 0.29) is 31.5 Å². The summed E-state index contributed by atoms with van der Waals surface area (Å²) < 4.78 is 57.8. The van der Waals surface area contributed by atoms with E-state index in [1.165, 1.54) is 12.1 Å². The third-order valence-electron chi connectivity index (χ3n) is 5.68. The van der Waals surface area contributed by atoms with Crippen LogP contribution in [0.2, 0.25) is 0 Å². The normalized spacial score (nSPS) is 21.1. The minimum Gasteiger partial charge on any atom is -0.326 e. The molecule has 0 spiro atoms. The van der Waals surface area contributed by atoms with Crippen molar-refractivity contribution in [3.8, 4) is 0 Å². The van der Waals surface area contributed by atoms with Crippen molar-refractivity contribution < 1.29 is 31.9 Å². The second kappa shape index (κ2) is 7.89. The fraction of sp³-hybridized carbons (Fsp3) is 0.261. The first-order valence-electron chi connectivity index (χ1n) is 9.93. The number of Topliss-reactive ketones (excluding diaryl/α,β-unsaturated/α-hetero) is 1. The highest BCUT2D eigenvalue weighted by Crippen LogP contribution is 2.48. The van der Waals surface area contributed by atoms with E-state index < -0.39 is 46.3 Å². The number of hydrogen-bond donors (Lipinski definition) is 1. The van der Waals surface area contributed by atoms with Gasteiger partial charge in [-0.2, -0.15) is 13.2 Å². The van der Waals surface area contributed by atoms with E-state index in [0.717, 1.165) is 17.0 Å². The number of allylic oxidation sites excluding steroid dienone is 1. The van der Waals surface area contributed by atoms with Crippen LogP contribution in [0.1, 0.15) is 35.2 Å². The van der Waals surface area contributed by atoms with E-state index in [9.17, 15) is 31.9 Å². The lowest BCUT2D eigenvalue weighted by Gasteiger charge is -2.33. The first-order chi connectivity index (χ1) is 15.2. The highest BCUT2D eigenvalue weighted by atomic mass is 19.4. The standard InChI is InChI=1S/C23H18F4N2O3/c24-16-10-5-4-9-15(16)20(31)28-22(23(25,26)27)19-17(11-6-12-18(19)30)29(21(22)32)13-14-7-2-1-3-8-14/h1-5,7-10H,6,11-13H2,(H,28,31). The number of benzene rings is 2. The van der Waals surface area contributed by atoms with Crippen LogP contribution in [0.4, 0.5) is 17.6 Å². The molecule has 0 fully saturated rings. The predicted octanol–water partition coefficient (Wildman–Crippen LogP) is 3.91. The van der Waals surface area contributed by atoms with E-state index >= 15 is 0 Å². The summed E-state index contributed by atoms with van der Waals surface area (Å²) in [6.07, 6.45) is -5.15. The maximum atomic E-state index is 14.6. The van der Waals surface area contributed by atoms with Crippen molar-refractivity contribution in [1.82, 2.24) is 10.2 Å². The lowest BCUT2D eigenvalue weighted by Crippen LogP contribution is -2.66. The number of amides is 2. The second-order valence-corrected chi connectivity index (χ2v) is 7.66. The van der Waals surface area contributed by atoms with Crippen LogP contribution in [-0.4, -0.2) is 34.2 Å². The molecule has 1 N–H and O–H groups in total. The first kappa shape index (κ1) is 21.7. The number of rotatable bonds is 4. The van der Waals surface area contributed by atoms with Crippen molar-refractivity contribution in [2.24, 2.45) is 0 Å². The zero-order chi connectivity index (χ0) is 23.1. The van der Waals surface area contributed by atoms with E-state index in [1.807, 2.05) is 0 Å². The maximum absolute atomic E-state index is 14.6. The molecule has 1 atom stereocenters. The van der Waals surface area contributed by atoms with Crippen molar-refractivity contribution in [3.05, 3.63) is 82.8 Å². The van der Waals surface area contributed by atoms with Gasteiger partial charge in [0.2, 0.25) is 5.54 Å². The van der Waals surface area contributed by atoms with Crippen LogP contribution < -0.4 is 5.32 Å². The quantitative estimate of drug-likeness (QED) is 0.725. The van der Waals surface area contributed by atoms with Crippen LogP contribution in [0.15, 0.2) is 65.9 Å². The van der Waals surface area contributed by atoms with E-state index in [4.69, 9.17) is 0 Å². The summed E-state index contributed by atoms with van der Waals surface area (Å²) in [6, 6.07) is 12.8. The molecule has 32 heavy (non-hydrogen) atoms. The molecule has 0 saturated carbocycles. The van der Waals surface area contributed by atoms with Crippen LogP contribution in [0.25, 0.3) is 0 Å². The van der Waals surface area contributed by atoms with Crippen LogP contribution >= 0.6 is 0 Å². The minimum absolute atomic E-state index is 0.0544. The van der Waals surface area contributed by atoms with Crippen LogP contribution in [0.3, 0.4) is 0 Å². The number of nitrogens with one attached hydrogen (secondary N) is 1. The summed E-state index contributed by atoms with van der Waals surface area (Å²) in [5.41, 5.74) is -4.50. The number of nitrogens with zero attached hydrogens (tertiary/aromatic N) is 1. The molecule has 0 aromatic heterocycles. The van der Waals surface area contributed by atoms with Gasteiger partial charge < -0.3 is 10.2 Å². The third kappa shape index (κ3) is 3.37. The Kier molecular flexibility index (Phi) is 5.36. The number of ketones is 1. The van der Waals surface area contributed by atoms with E-state index in [0.29, 0.717) is 5.56 Å². The molecule has 5 nitrogen and oxygen atoms in total. The lowest BCUT2D eigenvalue weighted by molar-refractivity contribution is -0.190. The van der Waals surface area contributed by atoms with Crippen molar-refractivity contribution in [2.75, 3.05) is 0 Å². The molecule has 9 heteroatoms. The summed E-state index contributed by atoms with van der Waals surface area (Å²) in [4.78, 5) is 39.7. The van der Waals surface area contributed by atoms with Crippen LogP contribution in [-0.2, 0) is 16.1 Å². The number of hydrogen-bond acceptors (Lipinski definition) is 3. The Morgan fingerprint density at radius 3 is 2.31 bits per heavy atom. The molecule has 0 saturated heterocycles.